The number of oxime groups is 1. The SMILES string of the molecule is CC1SCCN(Cc2ccc(/C(N)=N/O)cc2Cl)C1C. The normalized spacial score (nSPS) is 24.9. The van der Waals surface area contributed by atoms with Crippen molar-refractivity contribution in [2.45, 2.75) is 31.7 Å². The van der Waals surface area contributed by atoms with Gasteiger partial charge in [-0.2, -0.15) is 11.8 Å². The van der Waals surface area contributed by atoms with Crippen molar-refractivity contribution in [1.29, 1.82) is 0 Å². The van der Waals surface area contributed by atoms with Crippen LogP contribution in [0.15, 0.2) is 23.4 Å². The molecule has 20 heavy (non-hydrogen) atoms. The fourth-order valence-electron chi connectivity index (χ4n) is 2.33. The Morgan fingerprint density at radius 3 is 2.95 bits per heavy atom. The number of rotatable bonds is 3. The third-order valence-corrected chi connectivity index (χ3v) is 5.53. The zero-order chi connectivity index (χ0) is 14.7. The predicted octanol–water partition coefficient (Wildman–Crippen LogP) is 2.76. The van der Waals surface area contributed by atoms with Gasteiger partial charge in [0, 0.05) is 40.7 Å². The van der Waals surface area contributed by atoms with E-state index < -0.39 is 0 Å². The minimum Gasteiger partial charge on any atom is -0.409 e. The molecule has 0 bridgehead atoms. The van der Waals surface area contributed by atoms with Crippen LogP contribution >= 0.6 is 23.4 Å². The number of hydrogen-bond acceptors (Lipinski definition) is 4. The first-order chi connectivity index (χ1) is 9.52. The number of nitrogens with zero attached hydrogens (tertiary/aromatic N) is 2. The molecular weight excluding hydrogens is 294 g/mol. The lowest BCUT2D eigenvalue weighted by Gasteiger charge is -2.37. The zero-order valence-corrected chi connectivity index (χ0v) is 13.3. The number of nitrogens with two attached hydrogens (primary N) is 1. The van der Waals surface area contributed by atoms with Crippen LogP contribution in [0, 0.1) is 0 Å². The molecule has 0 spiro atoms. The van der Waals surface area contributed by atoms with Crippen LogP contribution in [0.4, 0.5) is 0 Å². The number of amidine groups is 1. The van der Waals surface area contributed by atoms with Crippen LogP contribution in [0.5, 0.6) is 0 Å². The van der Waals surface area contributed by atoms with Crippen molar-refractivity contribution in [3.63, 3.8) is 0 Å². The molecule has 1 heterocycles. The van der Waals surface area contributed by atoms with Gasteiger partial charge in [-0.3, -0.25) is 4.90 Å². The molecular formula is C14H20ClN3OS. The Morgan fingerprint density at radius 2 is 2.30 bits per heavy atom. The quantitative estimate of drug-likeness (QED) is 0.390. The second-order valence-electron chi connectivity index (χ2n) is 5.08. The van der Waals surface area contributed by atoms with Gasteiger partial charge in [-0.25, -0.2) is 0 Å². The van der Waals surface area contributed by atoms with Gasteiger partial charge in [0.15, 0.2) is 5.84 Å². The monoisotopic (exact) mass is 313 g/mol. The largest absolute Gasteiger partial charge is 0.409 e. The van der Waals surface area contributed by atoms with Crippen LogP contribution in [0.3, 0.4) is 0 Å². The molecule has 1 fully saturated rings. The van der Waals surface area contributed by atoms with Gasteiger partial charge >= 0.3 is 0 Å². The highest BCUT2D eigenvalue weighted by atomic mass is 35.5. The third kappa shape index (κ3) is 3.40. The summed E-state index contributed by atoms with van der Waals surface area (Å²) in [6.07, 6.45) is 0. The van der Waals surface area contributed by atoms with Gasteiger partial charge in [-0.05, 0) is 18.6 Å². The van der Waals surface area contributed by atoms with E-state index in [0.29, 0.717) is 21.9 Å². The summed E-state index contributed by atoms with van der Waals surface area (Å²) in [6, 6.07) is 6.07. The van der Waals surface area contributed by atoms with Crippen molar-refractivity contribution in [3.05, 3.63) is 34.3 Å². The zero-order valence-electron chi connectivity index (χ0n) is 11.7. The summed E-state index contributed by atoms with van der Waals surface area (Å²) >= 11 is 8.33. The molecule has 1 aliphatic rings. The first kappa shape index (κ1) is 15.5. The summed E-state index contributed by atoms with van der Waals surface area (Å²) in [6.45, 7) is 6.44. The second kappa shape index (κ2) is 6.70. The van der Waals surface area contributed by atoms with E-state index in [1.165, 1.54) is 0 Å². The molecule has 2 rings (SSSR count). The van der Waals surface area contributed by atoms with Gasteiger partial charge in [0.25, 0.3) is 0 Å². The predicted molar refractivity (Wildman–Crippen MR) is 85.8 cm³/mol. The third-order valence-electron chi connectivity index (χ3n) is 3.84. The maximum Gasteiger partial charge on any atom is 0.170 e. The maximum absolute atomic E-state index is 8.68. The van der Waals surface area contributed by atoms with E-state index >= 15 is 0 Å². The topological polar surface area (TPSA) is 61.8 Å². The summed E-state index contributed by atoms with van der Waals surface area (Å²) in [5.74, 6) is 1.24. The lowest BCUT2D eigenvalue weighted by Crippen LogP contribution is -2.44. The van der Waals surface area contributed by atoms with Crippen LogP contribution in [0.1, 0.15) is 25.0 Å². The van der Waals surface area contributed by atoms with Gasteiger partial charge in [0.2, 0.25) is 0 Å². The van der Waals surface area contributed by atoms with Gasteiger partial charge < -0.3 is 10.9 Å². The van der Waals surface area contributed by atoms with E-state index in [-0.39, 0.29) is 5.84 Å². The summed E-state index contributed by atoms with van der Waals surface area (Å²) in [7, 11) is 0. The van der Waals surface area contributed by atoms with E-state index in [1.54, 1.807) is 6.07 Å². The average molecular weight is 314 g/mol. The van der Waals surface area contributed by atoms with E-state index in [4.69, 9.17) is 22.5 Å². The fraction of sp³-hybridized carbons (Fsp3) is 0.500. The standard InChI is InChI=1S/C14H20ClN3OS/c1-9-10(2)20-6-5-18(9)8-12-4-3-11(7-13(12)15)14(16)17-19/h3-4,7,9-10,19H,5-6,8H2,1-2H3,(H2,16,17). The van der Waals surface area contributed by atoms with Crippen molar-refractivity contribution in [1.82, 2.24) is 4.90 Å². The number of hydrogen-bond donors (Lipinski definition) is 2. The molecule has 0 saturated carbocycles. The molecule has 0 amide bonds. The van der Waals surface area contributed by atoms with Crippen LogP contribution < -0.4 is 5.73 Å². The maximum atomic E-state index is 8.68. The van der Waals surface area contributed by atoms with E-state index in [1.807, 2.05) is 23.9 Å². The van der Waals surface area contributed by atoms with Gasteiger partial charge in [0.05, 0.1) is 0 Å². The smallest absolute Gasteiger partial charge is 0.170 e. The summed E-state index contributed by atoms with van der Waals surface area (Å²) < 4.78 is 0. The first-order valence-electron chi connectivity index (χ1n) is 6.65. The van der Waals surface area contributed by atoms with Crippen molar-refractivity contribution in [2.24, 2.45) is 10.9 Å². The molecule has 1 aliphatic heterocycles. The second-order valence-corrected chi connectivity index (χ2v) is 6.97. The molecule has 2 unspecified atom stereocenters. The van der Waals surface area contributed by atoms with Crippen LogP contribution in [-0.2, 0) is 6.54 Å². The van der Waals surface area contributed by atoms with Gasteiger partial charge in [-0.15, -0.1) is 0 Å². The minimum atomic E-state index is 0.0785. The van der Waals surface area contributed by atoms with Crippen LogP contribution in [-0.4, -0.2) is 39.5 Å². The highest BCUT2D eigenvalue weighted by molar-refractivity contribution is 8.00. The highest BCUT2D eigenvalue weighted by Gasteiger charge is 2.25. The number of thioether (sulfide) groups is 1. The Balaban J connectivity index is 2.14. The molecule has 1 aromatic rings. The minimum absolute atomic E-state index is 0.0785. The Labute approximate surface area is 129 Å². The van der Waals surface area contributed by atoms with Gasteiger partial charge in [0.1, 0.15) is 0 Å². The lowest BCUT2D eigenvalue weighted by molar-refractivity contribution is 0.204. The van der Waals surface area contributed by atoms with E-state index in [9.17, 15) is 0 Å². The molecule has 6 heteroatoms. The first-order valence-corrected chi connectivity index (χ1v) is 8.07. The Bertz CT molecular complexity index is 509. The van der Waals surface area contributed by atoms with Gasteiger partial charge in [-0.1, -0.05) is 35.8 Å². The highest BCUT2D eigenvalue weighted by Crippen LogP contribution is 2.27. The van der Waals surface area contributed by atoms with Crippen molar-refractivity contribution in [3.8, 4) is 0 Å². The Hall–Kier alpha value is -0.910. The molecule has 1 saturated heterocycles. The Morgan fingerprint density at radius 1 is 1.55 bits per heavy atom. The van der Waals surface area contributed by atoms with Crippen molar-refractivity contribution >= 4 is 29.2 Å². The van der Waals surface area contributed by atoms with Crippen molar-refractivity contribution < 1.29 is 5.21 Å². The molecule has 0 aromatic heterocycles. The molecule has 4 nitrogen and oxygen atoms in total. The van der Waals surface area contributed by atoms with Crippen LogP contribution in [0.25, 0.3) is 0 Å². The Kier molecular flexibility index (Phi) is 5.18. The molecule has 0 aliphatic carbocycles. The fourth-order valence-corrected chi connectivity index (χ4v) is 3.73. The number of benzene rings is 1. The summed E-state index contributed by atoms with van der Waals surface area (Å²) in [5, 5.41) is 13.0. The van der Waals surface area contributed by atoms with E-state index in [2.05, 4.69) is 23.9 Å². The molecule has 3 N–H and O–H groups in total. The molecule has 110 valence electrons. The number of halogens is 1. The lowest BCUT2D eigenvalue weighted by atomic mass is 10.1. The average Bonchev–Trinajstić information content (AvgIpc) is 2.45. The molecule has 0 radical (unpaired) electrons. The summed E-state index contributed by atoms with van der Waals surface area (Å²) in [5.41, 5.74) is 7.28. The summed E-state index contributed by atoms with van der Waals surface area (Å²) in [4.78, 5) is 2.45. The van der Waals surface area contributed by atoms with Crippen LogP contribution in [0.2, 0.25) is 5.02 Å². The van der Waals surface area contributed by atoms with E-state index in [0.717, 1.165) is 24.4 Å². The molecule has 1 aromatic carbocycles. The van der Waals surface area contributed by atoms with Crippen molar-refractivity contribution in [2.75, 3.05) is 12.3 Å². The molecule has 2 atom stereocenters.